The van der Waals surface area contributed by atoms with Gasteiger partial charge in [0.1, 0.15) is 5.75 Å². The summed E-state index contributed by atoms with van der Waals surface area (Å²) in [4.78, 5) is 24.8. The van der Waals surface area contributed by atoms with E-state index in [0.29, 0.717) is 18.7 Å². The Morgan fingerprint density at radius 1 is 1.45 bits per heavy atom. The van der Waals surface area contributed by atoms with E-state index in [0.717, 1.165) is 10.0 Å². The van der Waals surface area contributed by atoms with Crippen LogP contribution in [-0.2, 0) is 9.59 Å². The Morgan fingerprint density at radius 2 is 2.14 bits per heavy atom. The highest BCUT2D eigenvalue weighted by molar-refractivity contribution is 9.10. The largest absolute Gasteiger partial charge is 0.481 e. The standard InChI is InChI=1S/C15H18BrNO4.ClH/c1-9-3-4-13(12(16)7-9)21-10(2)14(18)17-6-5-11(8-17)15(19)20;/h3-4,7,10-11H,5-6,8H2,1-2H3,(H,19,20);1H. The quantitative estimate of drug-likeness (QED) is 0.855. The molecule has 1 amide bonds. The molecule has 1 heterocycles. The maximum absolute atomic E-state index is 12.3. The Bertz CT molecular complexity index is 566. The number of carbonyl (C=O) groups excluding carboxylic acids is 1. The Balaban J connectivity index is 0.00000242. The lowest BCUT2D eigenvalue weighted by molar-refractivity contribution is -0.142. The van der Waals surface area contributed by atoms with Crippen LogP contribution in [0.5, 0.6) is 5.75 Å². The molecule has 0 saturated carbocycles. The predicted molar refractivity (Wildman–Crippen MR) is 88.5 cm³/mol. The molecular formula is C15H19BrClNO4. The van der Waals surface area contributed by atoms with Gasteiger partial charge in [-0.15, -0.1) is 12.4 Å². The second-order valence-electron chi connectivity index (χ2n) is 5.30. The predicted octanol–water partition coefficient (Wildman–Crippen LogP) is 2.88. The summed E-state index contributed by atoms with van der Waals surface area (Å²) in [6, 6.07) is 5.64. The fourth-order valence-electron chi connectivity index (χ4n) is 2.36. The van der Waals surface area contributed by atoms with Crippen molar-refractivity contribution in [2.75, 3.05) is 13.1 Å². The molecule has 2 unspecified atom stereocenters. The molecule has 1 N–H and O–H groups in total. The molecule has 5 nitrogen and oxygen atoms in total. The van der Waals surface area contributed by atoms with Gasteiger partial charge in [0.15, 0.2) is 6.10 Å². The lowest BCUT2D eigenvalue weighted by atomic mass is 10.1. The number of hydrogen-bond acceptors (Lipinski definition) is 3. The maximum Gasteiger partial charge on any atom is 0.308 e. The van der Waals surface area contributed by atoms with Gasteiger partial charge in [-0.25, -0.2) is 0 Å². The average Bonchev–Trinajstić information content (AvgIpc) is 2.90. The van der Waals surface area contributed by atoms with E-state index in [1.54, 1.807) is 11.8 Å². The van der Waals surface area contributed by atoms with Crippen molar-refractivity contribution in [2.45, 2.75) is 26.4 Å². The van der Waals surface area contributed by atoms with Crippen LogP contribution in [0, 0.1) is 12.8 Å². The lowest BCUT2D eigenvalue weighted by Crippen LogP contribution is -2.39. The van der Waals surface area contributed by atoms with Gasteiger partial charge in [-0.1, -0.05) is 6.07 Å². The van der Waals surface area contributed by atoms with Crippen LogP contribution in [-0.4, -0.2) is 41.1 Å². The lowest BCUT2D eigenvalue weighted by Gasteiger charge is -2.22. The number of aliphatic carboxylic acids is 1. The van der Waals surface area contributed by atoms with E-state index < -0.39 is 18.0 Å². The molecule has 0 spiro atoms. The highest BCUT2D eigenvalue weighted by Crippen LogP contribution is 2.27. The van der Waals surface area contributed by atoms with Crippen molar-refractivity contribution >= 4 is 40.2 Å². The number of aryl methyl sites for hydroxylation is 1. The number of ether oxygens (including phenoxy) is 1. The molecule has 122 valence electrons. The van der Waals surface area contributed by atoms with Crippen LogP contribution in [0.4, 0.5) is 0 Å². The third kappa shape index (κ3) is 4.36. The molecule has 0 bridgehead atoms. The number of carboxylic acids is 1. The van der Waals surface area contributed by atoms with Gasteiger partial charge in [-0.3, -0.25) is 9.59 Å². The SMILES string of the molecule is Cc1ccc(OC(C)C(=O)N2CCC(C(=O)O)C2)c(Br)c1.Cl. The number of nitrogens with zero attached hydrogens (tertiary/aromatic N) is 1. The molecule has 1 aliphatic rings. The van der Waals surface area contributed by atoms with Gasteiger partial charge in [0.25, 0.3) is 5.91 Å². The van der Waals surface area contributed by atoms with Gasteiger partial charge in [0.05, 0.1) is 10.4 Å². The number of carboxylic acid groups (broad SMARTS) is 1. The molecule has 1 aromatic carbocycles. The van der Waals surface area contributed by atoms with E-state index in [-0.39, 0.29) is 24.9 Å². The summed E-state index contributed by atoms with van der Waals surface area (Å²) in [6.07, 6.45) is -0.140. The van der Waals surface area contributed by atoms with Crippen molar-refractivity contribution in [2.24, 2.45) is 5.92 Å². The molecule has 1 aromatic rings. The minimum atomic E-state index is -0.847. The van der Waals surface area contributed by atoms with E-state index in [1.807, 2.05) is 25.1 Å². The molecule has 2 rings (SSSR count). The zero-order valence-electron chi connectivity index (χ0n) is 12.4. The van der Waals surface area contributed by atoms with Gasteiger partial charge in [0, 0.05) is 13.1 Å². The highest BCUT2D eigenvalue weighted by atomic mass is 79.9. The van der Waals surface area contributed by atoms with Crippen LogP contribution in [0.15, 0.2) is 22.7 Å². The van der Waals surface area contributed by atoms with Crippen molar-refractivity contribution in [1.29, 1.82) is 0 Å². The van der Waals surface area contributed by atoms with Crippen LogP contribution in [0.2, 0.25) is 0 Å². The molecule has 22 heavy (non-hydrogen) atoms. The first-order valence-corrected chi connectivity index (χ1v) is 7.62. The van der Waals surface area contributed by atoms with E-state index in [2.05, 4.69) is 15.9 Å². The first-order valence-electron chi connectivity index (χ1n) is 6.83. The molecule has 1 aliphatic heterocycles. The van der Waals surface area contributed by atoms with Crippen molar-refractivity contribution in [3.63, 3.8) is 0 Å². The summed E-state index contributed by atoms with van der Waals surface area (Å²) >= 11 is 3.41. The summed E-state index contributed by atoms with van der Waals surface area (Å²) in [7, 11) is 0. The number of benzene rings is 1. The molecule has 2 atom stereocenters. The Morgan fingerprint density at radius 3 is 2.68 bits per heavy atom. The highest BCUT2D eigenvalue weighted by Gasteiger charge is 2.33. The Hall–Kier alpha value is -1.27. The van der Waals surface area contributed by atoms with Gasteiger partial charge in [-0.2, -0.15) is 0 Å². The third-order valence-electron chi connectivity index (χ3n) is 3.59. The number of halogens is 2. The summed E-state index contributed by atoms with van der Waals surface area (Å²) in [5.74, 6) is -0.880. The van der Waals surface area contributed by atoms with Crippen LogP contribution in [0.25, 0.3) is 0 Å². The van der Waals surface area contributed by atoms with Gasteiger partial charge in [-0.05, 0) is 53.9 Å². The molecule has 7 heteroatoms. The van der Waals surface area contributed by atoms with Crippen molar-refractivity contribution in [3.05, 3.63) is 28.2 Å². The summed E-state index contributed by atoms with van der Waals surface area (Å²) in [6.45, 7) is 4.39. The van der Waals surface area contributed by atoms with Gasteiger partial charge in [0.2, 0.25) is 0 Å². The normalized spacial score (nSPS) is 18.5. The molecule has 0 aromatic heterocycles. The minimum absolute atomic E-state index is 0. The van der Waals surface area contributed by atoms with E-state index >= 15 is 0 Å². The maximum atomic E-state index is 12.3. The fourth-order valence-corrected chi connectivity index (χ4v) is 2.95. The first-order chi connectivity index (χ1) is 9.88. The summed E-state index contributed by atoms with van der Waals surface area (Å²) < 4.78 is 6.48. The number of likely N-dealkylation sites (tertiary alicyclic amines) is 1. The van der Waals surface area contributed by atoms with Crippen LogP contribution < -0.4 is 4.74 Å². The molecule has 1 saturated heterocycles. The number of hydrogen-bond donors (Lipinski definition) is 1. The van der Waals surface area contributed by atoms with Crippen LogP contribution in [0.3, 0.4) is 0 Å². The van der Waals surface area contributed by atoms with Crippen molar-refractivity contribution in [3.8, 4) is 5.75 Å². The van der Waals surface area contributed by atoms with Gasteiger partial charge < -0.3 is 14.7 Å². The molecule has 1 fully saturated rings. The Labute approximate surface area is 144 Å². The van der Waals surface area contributed by atoms with Crippen molar-refractivity contribution < 1.29 is 19.4 Å². The topological polar surface area (TPSA) is 66.8 Å². The third-order valence-corrected chi connectivity index (χ3v) is 4.21. The number of carbonyl (C=O) groups is 2. The average molecular weight is 393 g/mol. The van der Waals surface area contributed by atoms with E-state index in [9.17, 15) is 9.59 Å². The van der Waals surface area contributed by atoms with E-state index in [4.69, 9.17) is 9.84 Å². The minimum Gasteiger partial charge on any atom is -0.481 e. The zero-order valence-corrected chi connectivity index (χ0v) is 14.8. The zero-order chi connectivity index (χ0) is 15.6. The summed E-state index contributed by atoms with van der Waals surface area (Å²) in [5.41, 5.74) is 1.09. The number of rotatable bonds is 4. The smallest absolute Gasteiger partial charge is 0.308 e. The molecule has 0 aliphatic carbocycles. The number of amides is 1. The molecule has 0 radical (unpaired) electrons. The first kappa shape index (κ1) is 18.8. The van der Waals surface area contributed by atoms with Crippen LogP contribution in [0.1, 0.15) is 18.9 Å². The second kappa shape index (κ2) is 7.83. The second-order valence-corrected chi connectivity index (χ2v) is 6.16. The van der Waals surface area contributed by atoms with E-state index in [1.165, 1.54) is 0 Å². The van der Waals surface area contributed by atoms with Crippen LogP contribution >= 0.6 is 28.3 Å². The molecular weight excluding hydrogens is 374 g/mol. The van der Waals surface area contributed by atoms with Crippen molar-refractivity contribution in [1.82, 2.24) is 4.90 Å². The Kier molecular flexibility index (Phi) is 6.68. The monoisotopic (exact) mass is 391 g/mol. The fraction of sp³-hybridized carbons (Fsp3) is 0.467. The van der Waals surface area contributed by atoms with Gasteiger partial charge >= 0.3 is 5.97 Å². The summed E-state index contributed by atoms with van der Waals surface area (Å²) in [5, 5.41) is 8.97.